The number of aryl methyl sites for hydroxylation is 2. The van der Waals surface area contributed by atoms with Crippen molar-refractivity contribution in [1.82, 2.24) is 4.90 Å². The van der Waals surface area contributed by atoms with Crippen molar-refractivity contribution in [3.05, 3.63) is 41.1 Å². The highest BCUT2D eigenvalue weighted by Crippen LogP contribution is 2.17. The van der Waals surface area contributed by atoms with E-state index in [0.717, 1.165) is 16.8 Å². The maximum Gasteiger partial charge on any atom is 0.267 e. The number of rotatable bonds is 3. The third kappa shape index (κ3) is 3.63. The first-order valence-corrected chi connectivity index (χ1v) is 5.61. The molecular formula is C14H17N3O. The Bertz CT molecular complexity index is 524. The van der Waals surface area contributed by atoms with Crippen molar-refractivity contribution in [2.24, 2.45) is 0 Å². The summed E-state index contributed by atoms with van der Waals surface area (Å²) in [6.07, 6.45) is 1.50. The van der Waals surface area contributed by atoms with E-state index in [2.05, 4.69) is 5.32 Å². The largest absolute Gasteiger partial charge is 0.382 e. The van der Waals surface area contributed by atoms with Gasteiger partial charge in [-0.05, 0) is 31.0 Å². The highest BCUT2D eigenvalue weighted by atomic mass is 16.1. The lowest BCUT2D eigenvalue weighted by Gasteiger charge is -2.10. The molecule has 0 aliphatic carbocycles. The van der Waals surface area contributed by atoms with Gasteiger partial charge in [0.05, 0.1) is 0 Å². The highest BCUT2D eigenvalue weighted by Gasteiger charge is 2.10. The molecule has 1 N–H and O–H groups in total. The van der Waals surface area contributed by atoms with Crippen LogP contribution in [0.3, 0.4) is 0 Å². The third-order valence-electron chi connectivity index (χ3n) is 2.39. The minimum Gasteiger partial charge on any atom is -0.382 e. The molecule has 0 fully saturated rings. The molecule has 0 bridgehead atoms. The zero-order valence-corrected chi connectivity index (χ0v) is 11.1. The molecule has 0 saturated carbocycles. The van der Waals surface area contributed by atoms with Crippen LogP contribution in [0.4, 0.5) is 5.69 Å². The summed E-state index contributed by atoms with van der Waals surface area (Å²) in [4.78, 5) is 13.6. The summed E-state index contributed by atoms with van der Waals surface area (Å²) in [5.41, 5.74) is 2.85. The Morgan fingerprint density at radius 1 is 1.39 bits per heavy atom. The summed E-state index contributed by atoms with van der Waals surface area (Å²) in [7, 11) is 3.53. The van der Waals surface area contributed by atoms with E-state index in [0.29, 0.717) is 0 Å². The summed E-state index contributed by atoms with van der Waals surface area (Å²) in [6.45, 7) is 3.87. The fraction of sp³-hybridized carbons (Fsp3) is 0.286. The molecule has 1 aromatic rings. The van der Waals surface area contributed by atoms with Gasteiger partial charge in [-0.15, -0.1) is 0 Å². The van der Waals surface area contributed by atoms with Crippen LogP contribution in [-0.2, 0) is 4.79 Å². The summed E-state index contributed by atoms with van der Waals surface area (Å²) in [6, 6.07) is 7.70. The molecular weight excluding hydrogens is 226 g/mol. The van der Waals surface area contributed by atoms with Gasteiger partial charge in [0.25, 0.3) is 5.91 Å². The summed E-state index contributed by atoms with van der Waals surface area (Å²) >= 11 is 0. The number of nitrogens with zero attached hydrogens (tertiary/aromatic N) is 2. The van der Waals surface area contributed by atoms with Crippen molar-refractivity contribution < 1.29 is 4.79 Å². The van der Waals surface area contributed by atoms with Crippen LogP contribution in [0.5, 0.6) is 0 Å². The van der Waals surface area contributed by atoms with E-state index in [4.69, 9.17) is 5.26 Å². The Morgan fingerprint density at radius 3 is 2.61 bits per heavy atom. The minimum absolute atomic E-state index is 0.0842. The molecule has 0 aromatic heterocycles. The number of benzene rings is 1. The van der Waals surface area contributed by atoms with Crippen molar-refractivity contribution in [3.8, 4) is 6.07 Å². The van der Waals surface area contributed by atoms with Crippen molar-refractivity contribution in [3.63, 3.8) is 0 Å². The first-order valence-electron chi connectivity index (χ1n) is 5.61. The second-order valence-electron chi connectivity index (χ2n) is 4.39. The maximum absolute atomic E-state index is 11.9. The van der Waals surface area contributed by atoms with Crippen LogP contribution in [0.25, 0.3) is 0 Å². The molecule has 1 amide bonds. The molecule has 1 aromatic carbocycles. The molecule has 0 atom stereocenters. The van der Waals surface area contributed by atoms with Crippen LogP contribution < -0.4 is 5.32 Å². The van der Waals surface area contributed by atoms with Gasteiger partial charge in [0.2, 0.25) is 0 Å². The van der Waals surface area contributed by atoms with Crippen molar-refractivity contribution in [1.29, 1.82) is 5.26 Å². The van der Waals surface area contributed by atoms with E-state index in [9.17, 15) is 4.79 Å². The Hall–Kier alpha value is -2.28. The molecule has 94 valence electrons. The van der Waals surface area contributed by atoms with Gasteiger partial charge < -0.3 is 10.2 Å². The van der Waals surface area contributed by atoms with E-state index in [-0.39, 0.29) is 11.5 Å². The van der Waals surface area contributed by atoms with Crippen LogP contribution in [0.1, 0.15) is 11.1 Å². The minimum atomic E-state index is -0.389. The molecule has 0 aliphatic heterocycles. The Kier molecular flexibility index (Phi) is 4.50. The van der Waals surface area contributed by atoms with Gasteiger partial charge in [0.15, 0.2) is 0 Å². The average molecular weight is 243 g/mol. The topological polar surface area (TPSA) is 56.1 Å². The predicted octanol–water partition coefficient (Wildman–Crippen LogP) is 2.21. The highest BCUT2D eigenvalue weighted by molar-refractivity contribution is 6.06. The van der Waals surface area contributed by atoms with Gasteiger partial charge in [0, 0.05) is 26.0 Å². The van der Waals surface area contributed by atoms with Crippen molar-refractivity contribution in [2.45, 2.75) is 13.8 Å². The maximum atomic E-state index is 11.9. The molecule has 0 radical (unpaired) electrons. The summed E-state index contributed by atoms with van der Waals surface area (Å²) < 4.78 is 0. The average Bonchev–Trinajstić information content (AvgIpc) is 2.30. The molecule has 0 saturated heterocycles. The molecule has 0 spiro atoms. The fourth-order valence-corrected chi connectivity index (χ4v) is 1.46. The van der Waals surface area contributed by atoms with Crippen molar-refractivity contribution in [2.75, 3.05) is 19.4 Å². The van der Waals surface area contributed by atoms with E-state index >= 15 is 0 Å². The number of anilines is 1. The second kappa shape index (κ2) is 5.87. The van der Waals surface area contributed by atoms with E-state index in [1.165, 1.54) is 6.20 Å². The number of amides is 1. The number of carbonyl (C=O) groups excluding carboxylic acids is 1. The van der Waals surface area contributed by atoms with Gasteiger partial charge in [-0.25, -0.2) is 0 Å². The zero-order chi connectivity index (χ0) is 13.7. The molecule has 4 heteroatoms. The third-order valence-corrected chi connectivity index (χ3v) is 2.39. The number of carbonyl (C=O) groups is 1. The van der Waals surface area contributed by atoms with Crippen LogP contribution in [0.15, 0.2) is 30.0 Å². The Morgan fingerprint density at radius 2 is 2.06 bits per heavy atom. The van der Waals surface area contributed by atoms with Gasteiger partial charge in [-0.1, -0.05) is 12.1 Å². The number of hydrogen-bond acceptors (Lipinski definition) is 3. The molecule has 4 nitrogen and oxygen atoms in total. The number of hydrogen-bond donors (Lipinski definition) is 1. The number of nitriles is 1. The lowest BCUT2D eigenvalue weighted by atomic mass is 10.1. The van der Waals surface area contributed by atoms with Gasteiger partial charge in [0.1, 0.15) is 11.6 Å². The molecule has 18 heavy (non-hydrogen) atoms. The van der Waals surface area contributed by atoms with E-state index in [1.54, 1.807) is 19.0 Å². The van der Waals surface area contributed by atoms with Crippen LogP contribution in [0.2, 0.25) is 0 Å². The normalized spacial score (nSPS) is 10.7. The quantitative estimate of drug-likeness (QED) is 0.654. The lowest BCUT2D eigenvalue weighted by Crippen LogP contribution is -2.17. The molecule has 1 rings (SSSR count). The Balaban J connectivity index is 2.94. The van der Waals surface area contributed by atoms with Gasteiger partial charge >= 0.3 is 0 Å². The smallest absolute Gasteiger partial charge is 0.267 e. The Labute approximate surface area is 108 Å². The SMILES string of the molecule is Cc1ccc(C)c(NC(=O)/C(C#N)=C/N(C)C)c1. The first kappa shape index (κ1) is 13.8. The second-order valence-corrected chi connectivity index (χ2v) is 4.39. The lowest BCUT2D eigenvalue weighted by molar-refractivity contribution is -0.112. The van der Waals surface area contributed by atoms with Crippen molar-refractivity contribution >= 4 is 11.6 Å². The number of nitrogens with one attached hydrogen (secondary N) is 1. The first-order chi connectivity index (χ1) is 8.43. The standard InChI is InChI=1S/C14H17N3O/c1-10-5-6-11(2)13(7-10)16-14(18)12(8-15)9-17(3)4/h5-7,9H,1-4H3,(H,16,18)/b12-9+. The van der Waals surface area contributed by atoms with Gasteiger partial charge in [-0.3, -0.25) is 4.79 Å². The zero-order valence-electron chi connectivity index (χ0n) is 11.1. The summed E-state index contributed by atoms with van der Waals surface area (Å²) in [5.74, 6) is -0.389. The molecule has 0 heterocycles. The van der Waals surface area contributed by atoms with E-state index in [1.807, 2.05) is 38.1 Å². The van der Waals surface area contributed by atoms with Crippen LogP contribution in [-0.4, -0.2) is 24.9 Å². The van der Waals surface area contributed by atoms with Gasteiger partial charge in [-0.2, -0.15) is 5.26 Å². The predicted molar refractivity (Wildman–Crippen MR) is 71.9 cm³/mol. The van der Waals surface area contributed by atoms with E-state index < -0.39 is 0 Å². The molecule has 0 aliphatic rings. The molecule has 0 unspecified atom stereocenters. The monoisotopic (exact) mass is 243 g/mol. The summed E-state index contributed by atoms with van der Waals surface area (Å²) in [5, 5.41) is 11.7. The fourth-order valence-electron chi connectivity index (χ4n) is 1.46. The van der Waals surface area contributed by atoms with Crippen LogP contribution >= 0.6 is 0 Å². The van der Waals surface area contributed by atoms with Crippen LogP contribution in [0, 0.1) is 25.2 Å².